The van der Waals surface area contributed by atoms with Crippen molar-refractivity contribution in [2.45, 2.75) is 13.0 Å². The summed E-state index contributed by atoms with van der Waals surface area (Å²) >= 11 is 0. The van der Waals surface area contributed by atoms with Crippen LogP contribution in [-0.4, -0.2) is 28.0 Å². The third kappa shape index (κ3) is 2.18. The Morgan fingerprint density at radius 3 is 3.00 bits per heavy atom. The van der Waals surface area contributed by atoms with Crippen LogP contribution in [0.3, 0.4) is 0 Å². The van der Waals surface area contributed by atoms with E-state index in [1.165, 1.54) is 12.1 Å². The molecule has 1 unspecified atom stereocenters. The van der Waals surface area contributed by atoms with Gasteiger partial charge in [-0.05, 0) is 12.6 Å². The molecule has 0 spiro atoms. The summed E-state index contributed by atoms with van der Waals surface area (Å²) in [6.07, 6.45) is -1.12. The van der Waals surface area contributed by atoms with Crippen molar-refractivity contribution in [1.82, 2.24) is 15.1 Å². The van der Waals surface area contributed by atoms with Crippen LogP contribution in [0.1, 0.15) is 18.9 Å². The van der Waals surface area contributed by atoms with Gasteiger partial charge in [-0.3, -0.25) is 0 Å². The summed E-state index contributed by atoms with van der Waals surface area (Å²) in [5, 5.41) is 28.3. The van der Waals surface area contributed by atoms with Crippen molar-refractivity contribution >= 4 is 11.0 Å². The number of aromatic nitrogens is 3. The Bertz CT molecular complexity index is 611. The van der Waals surface area contributed by atoms with Gasteiger partial charge < -0.3 is 20.4 Å². The highest BCUT2D eigenvalue weighted by Crippen LogP contribution is 2.13. The standard InChI is InChI=1S/C11H14N4O3/c1-2-12-7-10(16)11-13-15(18)9-6-4-3-5-8(9)14(11)17/h3-6,10,12,16H,2,7H2,1H3. The molecule has 2 N–H and O–H groups in total. The summed E-state index contributed by atoms with van der Waals surface area (Å²) in [4.78, 5) is 11.7. The summed E-state index contributed by atoms with van der Waals surface area (Å²) < 4.78 is 0.847. The fourth-order valence-electron chi connectivity index (χ4n) is 1.68. The van der Waals surface area contributed by atoms with Crippen LogP contribution in [0.15, 0.2) is 24.3 Å². The van der Waals surface area contributed by atoms with Crippen LogP contribution in [0, 0.1) is 10.1 Å². The van der Waals surface area contributed by atoms with Crippen molar-refractivity contribution in [3.05, 3.63) is 40.2 Å². The van der Waals surface area contributed by atoms with Gasteiger partial charge in [-0.25, -0.2) is 0 Å². The van der Waals surface area contributed by atoms with Crippen LogP contribution in [-0.2, 0) is 0 Å². The summed E-state index contributed by atoms with van der Waals surface area (Å²) in [5.41, 5.74) is 0.361. The maximum atomic E-state index is 12.0. The lowest BCUT2D eigenvalue weighted by molar-refractivity contribution is -0.538. The number of aliphatic hydroxyl groups excluding tert-OH is 1. The highest BCUT2D eigenvalue weighted by molar-refractivity contribution is 5.71. The van der Waals surface area contributed by atoms with E-state index in [0.29, 0.717) is 15.8 Å². The van der Waals surface area contributed by atoms with Crippen LogP contribution in [0.4, 0.5) is 0 Å². The zero-order chi connectivity index (χ0) is 13.1. The molecule has 18 heavy (non-hydrogen) atoms. The van der Waals surface area contributed by atoms with Crippen LogP contribution in [0.2, 0.25) is 0 Å². The number of rotatable bonds is 4. The molecule has 1 aromatic carbocycles. The molecule has 0 aliphatic rings. The number of para-hydroxylation sites is 2. The highest BCUT2D eigenvalue weighted by atomic mass is 16.5. The predicted octanol–water partition coefficient (Wildman–Crippen LogP) is -0.0604. The lowest BCUT2D eigenvalue weighted by Gasteiger charge is -2.18. The average Bonchev–Trinajstić information content (AvgIpc) is 2.40. The van der Waals surface area contributed by atoms with Crippen molar-refractivity contribution in [1.29, 1.82) is 0 Å². The van der Waals surface area contributed by atoms with E-state index in [1.54, 1.807) is 12.1 Å². The van der Waals surface area contributed by atoms with Crippen molar-refractivity contribution in [3.8, 4) is 0 Å². The molecule has 0 amide bonds. The van der Waals surface area contributed by atoms with E-state index in [9.17, 15) is 15.2 Å². The molecule has 2 rings (SSSR count). The van der Waals surface area contributed by atoms with Gasteiger partial charge in [-0.2, -0.15) is 0 Å². The largest absolute Gasteiger partial charge is 0.804 e. The van der Waals surface area contributed by atoms with E-state index in [2.05, 4.69) is 10.4 Å². The zero-order valence-electron chi connectivity index (χ0n) is 9.91. The summed E-state index contributed by atoms with van der Waals surface area (Å²) in [6.45, 7) is 2.70. The van der Waals surface area contributed by atoms with Gasteiger partial charge in [-0.1, -0.05) is 19.1 Å². The summed E-state index contributed by atoms with van der Waals surface area (Å²) in [7, 11) is 0. The number of likely N-dealkylation sites (N-methyl/N-ethyl adjacent to an activating group) is 1. The number of fused-ring (bicyclic) bond motifs is 1. The van der Waals surface area contributed by atoms with Crippen molar-refractivity contribution < 1.29 is 9.65 Å². The number of aliphatic hydroxyl groups is 1. The van der Waals surface area contributed by atoms with Gasteiger partial charge in [-0.15, -0.1) is 0 Å². The molecule has 0 bridgehead atoms. The first-order valence-electron chi connectivity index (χ1n) is 5.66. The third-order valence-electron chi connectivity index (χ3n) is 2.59. The quantitative estimate of drug-likeness (QED) is 0.741. The molecule has 7 heteroatoms. The van der Waals surface area contributed by atoms with Crippen LogP contribution >= 0.6 is 0 Å². The molecule has 1 aromatic heterocycles. The predicted molar refractivity (Wildman–Crippen MR) is 65.4 cm³/mol. The average molecular weight is 250 g/mol. The lowest BCUT2D eigenvalue weighted by atomic mass is 10.3. The van der Waals surface area contributed by atoms with E-state index in [0.717, 1.165) is 0 Å². The van der Waals surface area contributed by atoms with Gasteiger partial charge in [0.25, 0.3) is 0 Å². The molecule has 0 fully saturated rings. The molecule has 0 saturated heterocycles. The Morgan fingerprint density at radius 2 is 2.28 bits per heavy atom. The van der Waals surface area contributed by atoms with Gasteiger partial charge in [0, 0.05) is 12.6 Å². The fourth-order valence-corrected chi connectivity index (χ4v) is 1.68. The minimum absolute atomic E-state index is 0.171. The molecule has 2 aromatic rings. The fraction of sp³-hybridized carbons (Fsp3) is 0.364. The highest BCUT2D eigenvalue weighted by Gasteiger charge is 2.19. The Balaban J connectivity index is 2.52. The Labute approximate surface area is 103 Å². The SMILES string of the molecule is CCNCC(O)c1n[n+](=O)c2ccccc2n1[O-]. The lowest BCUT2D eigenvalue weighted by Crippen LogP contribution is -2.31. The number of hydrogen-bond acceptors (Lipinski definition) is 5. The number of nitrogens with zero attached hydrogens (tertiary/aromatic N) is 3. The number of nitrogens with one attached hydrogen (secondary N) is 1. The van der Waals surface area contributed by atoms with Gasteiger partial charge in [0.05, 0.1) is 10.0 Å². The monoisotopic (exact) mass is 250 g/mol. The van der Waals surface area contributed by atoms with Crippen molar-refractivity contribution in [3.63, 3.8) is 0 Å². The smallest absolute Gasteiger partial charge is 0.318 e. The van der Waals surface area contributed by atoms with E-state index in [-0.39, 0.29) is 23.4 Å². The van der Waals surface area contributed by atoms with Gasteiger partial charge in [0.15, 0.2) is 4.54 Å². The molecule has 1 atom stereocenters. The van der Waals surface area contributed by atoms with E-state index >= 15 is 0 Å². The van der Waals surface area contributed by atoms with Gasteiger partial charge in [0.2, 0.25) is 5.82 Å². The second kappa shape index (κ2) is 5.11. The normalized spacial score (nSPS) is 12.8. The molecular formula is C11H14N4O3. The second-order valence-corrected chi connectivity index (χ2v) is 3.84. The molecule has 0 aliphatic heterocycles. The van der Waals surface area contributed by atoms with E-state index in [4.69, 9.17) is 0 Å². The van der Waals surface area contributed by atoms with Crippen molar-refractivity contribution in [2.75, 3.05) is 13.1 Å². The summed E-state index contributed by atoms with van der Waals surface area (Å²) in [6, 6.07) is 6.32. The second-order valence-electron chi connectivity index (χ2n) is 3.84. The Kier molecular flexibility index (Phi) is 3.54. The van der Waals surface area contributed by atoms with E-state index in [1.807, 2.05) is 6.92 Å². The first-order valence-corrected chi connectivity index (χ1v) is 5.66. The van der Waals surface area contributed by atoms with Crippen molar-refractivity contribution in [2.24, 2.45) is 0 Å². The van der Waals surface area contributed by atoms with E-state index < -0.39 is 6.10 Å². The van der Waals surface area contributed by atoms with Crippen LogP contribution in [0.5, 0.6) is 0 Å². The third-order valence-corrected chi connectivity index (χ3v) is 2.59. The first kappa shape index (κ1) is 12.5. The van der Waals surface area contributed by atoms with Gasteiger partial charge in [0.1, 0.15) is 11.6 Å². The zero-order valence-corrected chi connectivity index (χ0v) is 9.91. The minimum atomic E-state index is -1.12. The number of hydrogen-bond donors (Lipinski definition) is 2. The van der Waals surface area contributed by atoms with Gasteiger partial charge >= 0.3 is 5.52 Å². The molecule has 0 saturated carbocycles. The first-order chi connectivity index (χ1) is 8.65. The summed E-state index contributed by atoms with van der Waals surface area (Å²) in [5.74, 6) is -0.204. The Hall–Kier alpha value is -1.99. The minimum Gasteiger partial charge on any atom is -0.804 e. The molecule has 1 heterocycles. The van der Waals surface area contributed by atoms with Crippen LogP contribution < -0.4 is 9.86 Å². The maximum Gasteiger partial charge on any atom is 0.318 e. The molecule has 0 radical (unpaired) electrons. The number of benzene rings is 1. The van der Waals surface area contributed by atoms with Crippen LogP contribution in [0.25, 0.3) is 11.0 Å². The topological polar surface area (TPSA) is 96.1 Å². The maximum absolute atomic E-state index is 12.0. The molecule has 96 valence electrons. The molecular weight excluding hydrogens is 236 g/mol. The molecule has 7 nitrogen and oxygen atoms in total. The Morgan fingerprint density at radius 1 is 1.56 bits per heavy atom. The molecule has 0 aliphatic carbocycles.